The van der Waals surface area contributed by atoms with Crippen molar-refractivity contribution in [3.05, 3.63) is 47.8 Å². The van der Waals surface area contributed by atoms with Crippen LogP contribution in [0.1, 0.15) is 62.7 Å². The molecular weight excluding hydrogens is 557 g/mol. The van der Waals surface area contributed by atoms with E-state index < -0.39 is 75.5 Å². The van der Waals surface area contributed by atoms with Gasteiger partial charge in [-0.05, 0) is 73.3 Å². The van der Waals surface area contributed by atoms with E-state index in [2.05, 4.69) is 6.58 Å². The number of hydrogen-bond donors (Lipinski definition) is 2. The number of rotatable bonds is 3. The standard InChI is InChI=1S/C33H38FNO8/c1-17-21-8-9-22-31-16-42-33(41,26(38)24(31)30(2,3)13-10-23(31)36)32(22,25(17)37)27(21)43-29(40)19-11-14-35(15-12-19)28(39)18-4-6-20(34)7-5-18/h4-7,19,21-22,24,26-27,38,41H,1,8-16H2,2-3H3/t21-,22-,24+,26-,27+,31+,32-,33-/m0/s1. The number of Topliss-reactive ketones (excluding diaryl/α,β-unsaturated/α-hetero) is 2. The zero-order valence-corrected chi connectivity index (χ0v) is 24.5. The van der Waals surface area contributed by atoms with E-state index in [9.17, 15) is 33.8 Å². The van der Waals surface area contributed by atoms with Crippen molar-refractivity contribution < 1.29 is 43.3 Å². The third-order valence-corrected chi connectivity index (χ3v) is 12.1. The van der Waals surface area contributed by atoms with E-state index in [-0.39, 0.29) is 30.3 Å². The maximum absolute atomic E-state index is 14.2. The van der Waals surface area contributed by atoms with Gasteiger partial charge in [-0.1, -0.05) is 20.4 Å². The summed E-state index contributed by atoms with van der Waals surface area (Å²) in [6.07, 6.45) is -0.260. The lowest BCUT2D eigenvalue weighted by molar-refractivity contribution is -0.437. The summed E-state index contributed by atoms with van der Waals surface area (Å²) >= 11 is 0. The van der Waals surface area contributed by atoms with E-state index in [1.165, 1.54) is 24.3 Å². The van der Waals surface area contributed by atoms with Gasteiger partial charge < -0.3 is 24.6 Å². The largest absolute Gasteiger partial charge is 0.460 e. The van der Waals surface area contributed by atoms with Crippen LogP contribution in [-0.4, -0.2) is 76.2 Å². The molecule has 7 aliphatic rings. The van der Waals surface area contributed by atoms with Crippen LogP contribution in [0.25, 0.3) is 0 Å². The van der Waals surface area contributed by atoms with Gasteiger partial charge in [0, 0.05) is 36.9 Å². The Kier molecular flexibility index (Phi) is 6.22. The summed E-state index contributed by atoms with van der Waals surface area (Å²) in [6, 6.07) is 5.32. The molecule has 43 heavy (non-hydrogen) atoms. The number of carbonyl (C=O) groups excluding carboxylic acids is 4. The number of benzene rings is 1. The number of esters is 1. The Morgan fingerprint density at radius 3 is 2.44 bits per heavy atom. The van der Waals surface area contributed by atoms with Crippen molar-refractivity contribution in [2.24, 2.45) is 39.9 Å². The van der Waals surface area contributed by atoms with Gasteiger partial charge in [-0.25, -0.2) is 4.39 Å². The number of hydrogen-bond acceptors (Lipinski definition) is 8. The molecule has 2 spiro atoms. The van der Waals surface area contributed by atoms with E-state index in [1.54, 1.807) is 4.90 Å². The van der Waals surface area contributed by atoms with Crippen LogP contribution in [0.15, 0.2) is 36.4 Å². The Labute approximate surface area is 249 Å². The number of fused-ring (bicyclic) bond motifs is 2. The molecule has 2 N–H and O–H groups in total. The second kappa shape index (κ2) is 9.28. The second-order valence-electron chi connectivity index (χ2n) is 14.3. The monoisotopic (exact) mass is 595 g/mol. The lowest BCUT2D eigenvalue weighted by Gasteiger charge is -2.73. The Morgan fingerprint density at radius 1 is 1.09 bits per heavy atom. The fourth-order valence-corrected chi connectivity index (χ4v) is 10.1. The lowest BCUT2D eigenvalue weighted by Crippen LogP contribution is -2.85. The quantitative estimate of drug-likeness (QED) is 0.403. The Bertz CT molecular complexity index is 1430. The predicted molar refractivity (Wildman–Crippen MR) is 149 cm³/mol. The minimum atomic E-state index is -2.34. The van der Waals surface area contributed by atoms with Crippen LogP contribution in [0.4, 0.5) is 4.39 Å². The number of carbonyl (C=O) groups is 4. The summed E-state index contributed by atoms with van der Waals surface area (Å²) in [7, 11) is 0. The summed E-state index contributed by atoms with van der Waals surface area (Å²) in [4.78, 5) is 56.4. The number of aliphatic hydroxyl groups is 2. The zero-order valence-electron chi connectivity index (χ0n) is 24.5. The van der Waals surface area contributed by atoms with Crippen LogP contribution in [0.3, 0.4) is 0 Å². The first-order valence-electron chi connectivity index (χ1n) is 15.4. The van der Waals surface area contributed by atoms with Crippen molar-refractivity contribution in [3.8, 4) is 0 Å². The van der Waals surface area contributed by atoms with Gasteiger partial charge in [-0.15, -0.1) is 0 Å². The molecule has 3 heterocycles. The first-order chi connectivity index (χ1) is 20.3. The SMILES string of the molecule is C=C1C(=O)[C@]23[C@H](OC(=O)C4CCN(C(=O)c5ccc(F)cc5)CC4)[C@H]1CC[C@H]2[C@@]12CO[C@@]3(O)[C@@H](O)[C@@H]1C(C)(C)CCC2=O. The fourth-order valence-electron chi connectivity index (χ4n) is 10.1. The molecule has 1 aromatic carbocycles. The third-order valence-electron chi connectivity index (χ3n) is 12.1. The topological polar surface area (TPSA) is 130 Å². The van der Waals surface area contributed by atoms with Gasteiger partial charge in [-0.2, -0.15) is 0 Å². The van der Waals surface area contributed by atoms with Gasteiger partial charge >= 0.3 is 5.97 Å². The molecular formula is C33H38FNO8. The molecule has 4 saturated carbocycles. The minimum Gasteiger partial charge on any atom is -0.460 e. The van der Waals surface area contributed by atoms with Crippen LogP contribution in [0.2, 0.25) is 0 Å². The number of aliphatic hydroxyl groups excluding tert-OH is 1. The maximum atomic E-state index is 14.2. The first-order valence-corrected chi connectivity index (χ1v) is 15.4. The van der Waals surface area contributed by atoms with Crippen molar-refractivity contribution in [3.63, 3.8) is 0 Å². The summed E-state index contributed by atoms with van der Waals surface area (Å²) in [5, 5.41) is 24.2. The molecule has 4 bridgehead atoms. The third kappa shape index (κ3) is 3.48. The molecule has 3 saturated heterocycles. The van der Waals surface area contributed by atoms with Crippen molar-refractivity contribution >= 4 is 23.4 Å². The van der Waals surface area contributed by atoms with Gasteiger partial charge in [0.1, 0.15) is 29.2 Å². The van der Waals surface area contributed by atoms with Gasteiger partial charge in [0.2, 0.25) is 5.79 Å². The zero-order chi connectivity index (χ0) is 30.7. The first kappa shape index (κ1) is 28.8. The molecule has 8 atom stereocenters. The molecule has 1 amide bonds. The molecule has 9 nitrogen and oxygen atoms in total. The highest BCUT2D eigenvalue weighted by molar-refractivity contribution is 6.06. The fraction of sp³-hybridized carbons (Fsp3) is 0.636. The Hall–Kier alpha value is -2.95. The summed E-state index contributed by atoms with van der Waals surface area (Å²) in [5.74, 6) is -6.54. The Balaban J connectivity index is 1.18. The molecule has 8 rings (SSSR count). The smallest absolute Gasteiger partial charge is 0.309 e. The van der Waals surface area contributed by atoms with Crippen LogP contribution in [-0.2, 0) is 23.9 Å². The number of ketones is 2. The molecule has 1 aromatic rings. The lowest BCUT2D eigenvalue weighted by atomic mass is 9.36. The average molecular weight is 596 g/mol. The number of piperidine rings is 1. The number of amides is 1. The normalized spacial score (nSPS) is 41.6. The highest BCUT2D eigenvalue weighted by Gasteiger charge is 2.88. The van der Waals surface area contributed by atoms with Crippen molar-refractivity contribution in [1.29, 1.82) is 0 Å². The average Bonchev–Trinajstić information content (AvgIpc) is 3.10. The summed E-state index contributed by atoms with van der Waals surface area (Å²) in [6.45, 7) is 8.51. The molecule has 0 radical (unpaired) electrons. The molecule has 0 unspecified atom stereocenters. The van der Waals surface area contributed by atoms with Crippen molar-refractivity contribution in [2.45, 2.75) is 70.4 Å². The number of halogens is 1. The predicted octanol–water partition coefficient (Wildman–Crippen LogP) is 2.83. The molecule has 0 aromatic heterocycles. The summed E-state index contributed by atoms with van der Waals surface area (Å²) < 4.78 is 25.5. The van der Waals surface area contributed by atoms with E-state index in [0.29, 0.717) is 50.8 Å². The van der Waals surface area contributed by atoms with Crippen LogP contribution in [0, 0.1) is 45.7 Å². The van der Waals surface area contributed by atoms with Crippen molar-refractivity contribution in [2.75, 3.05) is 19.7 Å². The second-order valence-corrected chi connectivity index (χ2v) is 14.3. The number of likely N-dealkylation sites (tertiary alicyclic amines) is 1. The highest BCUT2D eigenvalue weighted by atomic mass is 19.1. The van der Waals surface area contributed by atoms with E-state index in [1.807, 2.05) is 13.8 Å². The van der Waals surface area contributed by atoms with Gasteiger partial charge in [0.05, 0.1) is 17.9 Å². The number of nitrogens with zero attached hydrogens (tertiary/aromatic N) is 1. The molecule has 7 fully saturated rings. The minimum absolute atomic E-state index is 0.0750. The van der Waals surface area contributed by atoms with Gasteiger partial charge in [0.15, 0.2) is 5.78 Å². The number of ether oxygens (including phenoxy) is 2. The van der Waals surface area contributed by atoms with Crippen LogP contribution >= 0.6 is 0 Å². The molecule has 4 aliphatic carbocycles. The highest BCUT2D eigenvalue weighted by Crippen LogP contribution is 2.76. The Morgan fingerprint density at radius 2 is 1.77 bits per heavy atom. The van der Waals surface area contributed by atoms with Crippen molar-refractivity contribution in [1.82, 2.24) is 4.90 Å². The van der Waals surface area contributed by atoms with Gasteiger partial charge in [-0.3, -0.25) is 19.2 Å². The van der Waals surface area contributed by atoms with E-state index in [0.717, 1.165) is 0 Å². The molecule has 10 heteroatoms. The van der Waals surface area contributed by atoms with Gasteiger partial charge in [0.25, 0.3) is 5.91 Å². The van der Waals surface area contributed by atoms with Crippen LogP contribution < -0.4 is 0 Å². The van der Waals surface area contributed by atoms with E-state index in [4.69, 9.17) is 9.47 Å². The van der Waals surface area contributed by atoms with Crippen LogP contribution in [0.5, 0.6) is 0 Å². The molecule has 230 valence electrons. The van der Waals surface area contributed by atoms with E-state index >= 15 is 0 Å². The maximum Gasteiger partial charge on any atom is 0.309 e. The summed E-state index contributed by atoms with van der Waals surface area (Å²) in [5.41, 5.74) is -2.92. The molecule has 3 aliphatic heterocycles.